The van der Waals surface area contributed by atoms with Crippen LogP contribution in [0.1, 0.15) is 11.3 Å². The predicted molar refractivity (Wildman–Crippen MR) is 77.8 cm³/mol. The van der Waals surface area contributed by atoms with Crippen LogP contribution in [-0.2, 0) is 18.3 Å². The van der Waals surface area contributed by atoms with Crippen molar-refractivity contribution >= 4 is 23.1 Å². The molecule has 2 aromatic heterocycles. The second-order valence-electron chi connectivity index (χ2n) is 4.06. The topological polar surface area (TPSA) is 52.0 Å². The standard InChI is InChI=1S/C12H18N4OS2/c1-9-10(8-13-4-6-17-3)11(16(2)15-9)19-12-14-5-7-18-12/h5,7,13H,4,6,8H2,1-3H3. The summed E-state index contributed by atoms with van der Waals surface area (Å²) < 4.78 is 8.00. The molecule has 0 aromatic carbocycles. The smallest absolute Gasteiger partial charge is 0.156 e. The van der Waals surface area contributed by atoms with Crippen molar-refractivity contribution in [2.75, 3.05) is 20.3 Å². The van der Waals surface area contributed by atoms with Crippen molar-refractivity contribution in [1.29, 1.82) is 0 Å². The number of aryl methyl sites for hydroxylation is 2. The highest BCUT2D eigenvalue weighted by Gasteiger charge is 2.15. The number of methoxy groups -OCH3 is 1. The Labute approximate surface area is 121 Å². The molecule has 0 spiro atoms. The Morgan fingerprint density at radius 1 is 1.53 bits per heavy atom. The molecule has 2 rings (SSSR count). The fourth-order valence-corrected chi connectivity index (χ4v) is 3.49. The summed E-state index contributed by atoms with van der Waals surface area (Å²) in [5, 5.41) is 11.0. The lowest BCUT2D eigenvalue weighted by atomic mass is 10.2. The average molecular weight is 298 g/mol. The van der Waals surface area contributed by atoms with Crippen LogP contribution in [0.5, 0.6) is 0 Å². The molecule has 0 aliphatic heterocycles. The van der Waals surface area contributed by atoms with Crippen LogP contribution in [0.3, 0.4) is 0 Å². The lowest BCUT2D eigenvalue weighted by Crippen LogP contribution is -2.19. The second-order valence-corrected chi connectivity index (χ2v) is 6.19. The van der Waals surface area contributed by atoms with Gasteiger partial charge < -0.3 is 10.1 Å². The molecule has 2 aromatic rings. The molecule has 104 valence electrons. The maximum atomic E-state index is 5.03. The molecule has 5 nitrogen and oxygen atoms in total. The van der Waals surface area contributed by atoms with E-state index in [0.717, 1.165) is 28.1 Å². The third-order valence-electron chi connectivity index (χ3n) is 2.67. The van der Waals surface area contributed by atoms with Crippen LogP contribution >= 0.6 is 23.1 Å². The van der Waals surface area contributed by atoms with E-state index in [2.05, 4.69) is 15.4 Å². The van der Waals surface area contributed by atoms with E-state index >= 15 is 0 Å². The zero-order valence-corrected chi connectivity index (χ0v) is 13.0. The Balaban J connectivity index is 2.08. The molecular weight excluding hydrogens is 280 g/mol. The fourth-order valence-electron chi connectivity index (χ4n) is 1.74. The summed E-state index contributed by atoms with van der Waals surface area (Å²) in [7, 11) is 3.68. The van der Waals surface area contributed by atoms with Gasteiger partial charge in [-0.1, -0.05) is 0 Å². The van der Waals surface area contributed by atoms with E-state index in [0.29, 0.717) is 6.61 Å². The van der Waals surface area contributed by atoms with E-state index in [1.165, 1.54) is 5.56 Å². The number of nitrogens with one attached hydrogen (secondary N) is 1. The minimum Gasteiger partial charge on any atom is -0.383 e. The zero-order chi connectivity index (χ0) is 13.7. The van der Waals surface area contributed by atoms with E-state index in [4.69, 9.17) is 4.74 Å². The summed E-state index contributed by atoms with van der Waals surface area (Å²) >= 11 is 3.32. The highest BCUT2D eigenvalue weighted by molar-refractivity contribution is 8.01. The Morgan fingerprint density at radius 3 is 3.05 bits per heavy atom. The van der Waals surface area contributed by atoms with Crippen LogP contribution in [0.4, 0.5) is 0 Å². The highest BCUT2D eigenvalue weighted by atomic mass is 32.2. The molecule has 0 atom stereocenters. The molecule has 0 saturated heterocycles. The summed E-state index contributed by atoms with van der Waals surface area (Å²) in [5.41, 5.74) is 2.30. The van der Waals surface area contributed by atoms with Crippen LogP contribution in [-0.4, -0.2) is 35.0 Å². The molecule has 7 heteroatoms. The summed E-state index contributed by atoms with van der Waals surface area (Å²) in [5.74, 6) is 0. The zero-order valence-electron chi connectivity index (χ0n) is 11.3. The first-order chi connectivity index (χ1) is 9.22. The summed E-state index contributed by atoms with van der Waals surface area (Å²) in [6.45, 7) is 4.40. The minimum absolute atomic E-state index is 0.717. The molecule has 2 heterocycles. The largest absolute Gasteiger partial charge is 0.383 e. The van der Waals surface area contributed by atoms with Gasteiger partial charge in [-0.05, 0) is 18.7 Å². The van der Waals surface area contributed by atoms with Gasteiger partial charge in [-0.3, -0.25) is 4.68 Å². The van der Waals surface area contributed by atoms with E-state index in [1.807, 2.05) is 30.2 Å². The molecular formula is C12H18N4OS2. The van der Waals surface area contributed by atoms with Crippen LogP contribution in [0.15, 0.2) is 20.9 Å². The Bertz CT molecular complexity index is 510. The third kappa shape index (κ3) is 3.79. The first-order valence-electron chi connectivity index (χ1n) is 6.02. The van der Waals surface area contributed by atoms with Crippen molar-refractivity contribution < 1.29 is 4.74 Å². The number of hydrogen-bond donors (Lipinski definition) is 1. The van der Waals surface area contributed by atoms with Gasteiger partial charge in [0.1, 0.15) is 5.03 Å². The number of nitrogens with zero attached hydrogens (tertiary/aromatic N) is 3. The van der Waals surface area contributed by atoms with Crippen LogP contribution in [0.2, 0.25) is 0 Å². The van der Waals surface area contributed by atoms with Crippen molar-refractivity contribution in [2.45, 2.75) is 22.8 Å². The lowest BCUT2D eigenvalue weighted by Gasteiger charge is -2.06. The van der Waals surface area contributed by atoms with Gasteiger partial charge in [0.15, 0.2) is 4.34 Å². The summed E-state index contributed by atoms with van der Waals surface area (Å²) in [6.07, 6.45) is 1.83. The molecule has 0 aliphatic carbocycles. The Hall–Kier alpha value is -0.890. The maximum Gasteiger partial charge on any atom is 0.156 e. The van der Waals surface area contributed by atoms with Crippen LogP contribution < -0.4 is 5.32 Å². The van der Waals surface area contributed by atoms with Gasteiger partial charge >= 0.3 is 0 Å². The Kier molecular flexibility index (Phi) is 5.38. The van der Waals surface area contributed by atoms with Gasteiger partial charge in [-0.2, -0.15) is 5.10 Å². The van der Waals surface area contributed by atoms with Gasteiger partial charge in [0, 0.05) is 44.4 Å². The van der Waals surface area contributed by atoms with Crippen molar-refractivity contribution in [3.8, 4) is 0 Å². The molecule has 0 aliphatic rings. The summed E-state index contributed by atoms with van der Waals surface area (Å²) in [6, 6.07) is 0. The first-order valence-corrected chi connectivity index (χ1v) is 7.71. The molecule has 0 unspecified atom stereocenters. The van der Waals surface area contributed by atoms with E-state index < -0.39 is 0 Å². The predicted octanol–water partition coefficient (Wildman–Crippen LogP) is 2.07. The maximum absolute atomic E-state index is 5.03. The van der Waals surface area contributed by atoms with Crippen molar-refractivity contribution in [3.63, 3.8) is 0 Å². The van der Waals surface area contributed by atoms with E-state index in [1.54, 1.807) is 30.2 Å². The minimum atomic E-state index is 0.717. The monoisotopic (exact) mass is 298 g/mol. The SMILES string of the molecule is COCCNCc1c(C)nn(C)c1Sc1nccs1. The lowest BCUT2D eigenvalue weighted by molar-refractivity contribution is 0.199. The van der Waals surface area contributed by atoms with Gasteiger partial charge in [-0.25, -0.2) is 4.98 Å². The molecule has 0 fully saturated rings. The molecule has 0 bridgehead atoms. The quantitative estimate of drug-likeness (QED) is 0.793. The van der Waals surface area contributed by atoms with Crippen molar-refractivity contribution in [2.24, 2.45) is 7.05 Å². The molecule has 0 radical (unpaired) electrons. The Morgan fingerprint density at radius 2 is 2.37 bits per heavy atom. The number of thiazole rings is 1. The first kappa shape index (κ1) is 14.5. The van der Waals surface area contributed by atoms with Crippen LogP contribution in [0, 0.1) is 6.92 Å². The number of rotatable bonds is 7. The normalized spacial score (nSPS) is 11.1. The molecule has 0 saturated carbocycles. The van der Waals surface area contributed by atoms with Crippen molar-refractivity contribution in [1.82, 2.24) is 20.1 Å². The number of aromatic nitrogens is 3. The van der Waals surface area contributed by atoms with E-state index in [9.17, 15) is 0 Å². The molecule has 0 amide bonds. The van der Waals surface area contributed by atoms with E-state index in [-0.39, 0.29) is 0 Å². The van der Waals surface area contributed by atoms with Gasteiger partial charge in [0.05, 0.1) is 12.3 Å². The number of hydrogen-bond acceptors (Lipinski definition) is 6. The van der Waals surface area contributed by atoms with Gasteiger partial charge in [-0.15, -0.1) is 11.3 Å². The third-order valence-corrected chi connectivity index (χ3v) is 4.75. The van der Waals surface area contributed by atoms with Gasteiger partial charge in [0.2, 0.25) is 0 Å². The highest BCUT2D eigenvalue weighted by Crippen LogP contribution is 2.32. The average Bonchev–Trinajstić information content (AvgIpc) is 2.97. The van der Waals surface area contributed by atoms with Crippen LogP contribution in [0.25, 0.3) is 0 Å². The summed E-state index contributed by atoms with van der Waals surface area (Å²) in [4.78, 5) is 4.31. The second kappa shape index (κ2) is 7.04. The van der Waals surface area contributed by atoms with Gasteiger partial charge in [0.25, 0.3) is 0 Å². The molecule has 19 heavy (non-hydrogen) atoms. The number of ether oxygens (including phenoxy) is 1. The fraction of sp³-hybridized carbons (Fsp3) is 0.500. The molecule has 1 N–H and O–H groups in total. The van der Waals surface area contributed by atoms with Crippen molar-refractivity contribution in [3.05, 3.63) is 22.8 Å².